The third-order valence-corrected chi connectivity index (χ3v) is 6.34. The monoisotopic (exact) mass is 522 g/mol. The Morgan fingerprint density at radius 3 is 2.23 bits per heavy atom. The second kappa shape index (κ2) is 14.6. The molecule has 0 aliphatic rings. The van der Waals surface area contributed by atoms with Crippen molar-refractivity contribution < 1.29 is 19.4 Å². The second-order valence-electron chi connectivity index (χ2n) is 10.0. The summed E-state index contributed by atoms with van der Waals surface area (Å²) in [4.78, 5) is 12.2. The fourth-order valence-corrected chi connectivity index (χ4v) is 3.93. The first kappa shape index (κ1) is 29.2. The summed E-state index contributed by atoms with van der Waals surface area (Å²) in [5.41, 5.74) is 4.61. The van der Waals surface area contributed by atoms with Crippen molar-refractivity contribution >= 4 is 24.2 Å². The Hall–Kier alpha value is -4.31. The Morgan fingerprint density at radius 2 is 1.56 bits per heavy atom. The summed E-state index contributed by atoms with van der Waals surface area (Å²) in [5, 5.41) is 10.3. The third-order valence-electron chi connectivity index (χ3n) is 6.34. The largest absolute Gasteiger partial charge is 0.507 e. The number of allylic oxidation sites excluding steroid dienone is 4. The minimum Gasteiger partial charge on any atom is -0.507 e. The predicted molar refractivity (Wildman–Crippen MR) is 161 cm³/mol. The molecule has 3 rings (SSSR count). The van der Waals surface area contributed by atoms with Gasteiger partial charge in [-0.15, -0.1) is 0 Å². The number of rotatable bonds is 12. The first-order valence-electron chi connectivity index (χ1n) is 13.1. The lowest BCUT2D eigenvalue weighted by atomic mass is 9.83. The van der Waals surface area contributed by atoms with Gasteiger partial charge in [-0.05, 0) is 73.7 Å². The highest BCUT2D eigenvalue weighted by Crippen LogP contribution is 2.31. The molecule has 0 aliphatic carbocycles. The predicted octanol–water partition coefficient (Wildman–Crippen LogP) is 8.64. The van der Waals surface area contributed by atoms with E-state index >= 15 is 0 Å². The summed E-state index contributed by atoms with van der Waals surface area (Å²) in [7, 11) is 1.66. The standard InChI is InChI=1S/C35H38O4/c1-27(2)9-8-22-35(3,23-20-28-12-16-32(38-4)17-13-28)24-21-29-14-18-33(36)31(25-29)15-19-34(37)39-26-30-10-6-5-7-11-30/h5-7,9-21,23-25,36H,8,22,26H2,1-4H3/b19-15+,23-20+,24-21+/t35-/m0/s1. The molecule has 0 radical (unpaired) electrons. The molecule has 202 valence electrons. The van der Waals surface area contributed by atoms with Gasteiger partial charge in [0.05, 0.1) is 7.11 Å². The Labute approximate surface area is 232 Å². The summed E-state index contributed by atoms with van der Waals surface area (Å²) in [6.45, 7) is 6.65. The van der Waals surface area contributed by atoms with Crippen molar-refractivity contribution in [2.45, 2.75) is 40.2 Å². The van der Waals surface area contributed by atoms with Crippen molar-refractivity contribution in [3.05, 3.63) is 125 Å². The Bertz CT molecular complexity index is 1330. The molecule has 0 saturated carbocycles. The molecule has 0 spiro atoms. The topological polar surface area (TPSA) is 55.8 Å². The van der Waals surface area contributed by atoms with Gasteiger partial charge in [-0.2, -0.15) is 0 Å². The van der Waals surface area contributed by atoms with Gasteiger partial charge in [0.25, 0.3) is 0 Å². The number of carbonyl (C=O) groups is 1. The number of esters is 1. The molecule has 1 N–H and O–H groups in total. The van der Waals surface area contributed by atoms with Crippen molar-refractivity contribution in [2.24, 2.45) is 5.41 Å². The fraction of sp³-hybridized carbons (Fsp3) is 0.229. The molecule has 39 heavy (non-hydrogen) atoms. The molecule has 0 heterocycles. The van der Waals surface area contributed by atoms with E-state index in [0.717, 1.165) is 35.3 Å². The normalized spacial score (nSPS) is 13.0. The molecule has 0 aliphatic heterocycles. The van der Waals surface area contributed by atoms with Crippen LogP contribution in [0, 0.1) is 5.41 Å². The van der Waals surface area contributed by atoms with Crippen molar-refractivity contribution in [3.63, 3.8) is 0 Å². The first-order valence-corrected chi connectivity index (χ1v) is 13.1. The number of ether oxygens (including phenoxy) is 2. The van der Waals surface area contributed by atoms with Crippen LogP contribution >= 0.6 is 0 Å². The summed E-state index contributed by atoms with van der Waals surface area (Å²) in [6, 6.07) is 22.9. The van der Waals surface area contributed by atoms with Gasteiger partial charge in [0, 0.05) is 17.1 Å². The minimum atomic E-state index is -0.463. The lowest BCUT2D eigenvalue weighted by molar-refractivity contribution is -0.138. The van der Waals surface area contributed by atoms with Gasteiger partial charge < -0.3 is 14.6 Å². The number of aromatic hydroxyl groups is 1. The quantitative estimate of drug-likeness (QED) is 0.147. The zero-order chi connectivity index (χ0) is 28.1. The van der Waals surface area contributed by atoms with E-state index in [4.69, 9.17) is 9.47 Å². The molecular formula is C35H38O4. The fourth-order valence-electron chi connectivity index (χ4n) is 3.93. The van der Waals surface area contributed by atoms with Crippen LogP contribution in [0.25, 0.3) is 18.2 Å². The molecule has 4 nitrogen and oxygen atoms in total. The molecular weight excluding hydrogens is 484 g/mol. The molecule has 0 unspecified atom stereocenters. The molecule has 0 bridgehead atoms. The molecule has 0 aromatic heterocycles. The van der Waals surface area contributed by atoms with E-state index in [1.807, 2.05) is 66.7 Å². The average Bonchev–Trinajstić information content (AvgIpc) is 2.94. The van der Waals surface area contributed by atoms with Gasteiger partial charge in [0.15, 0.2) is 0 Å². The maximum atomic E-state index is 12.2. The van der Waals surface area contributed by atoms with E-state index in [1.165, 1.54) is 11.6 Å². The van der Waals surface area contributed by atoms with Crippen LogP contribution in [0.15, 0.2) is 103 Å². The van der Waals surface area contributed by atoms with Crippen molar-refractivity contribution in [3.8, 4) is 11.5 Å². The lowest BCUT2D eigenvalue weighted by Crippen LogP contribution is -2.09. The van der Waals surface area contributed by atoms with Crippen molar-refractivity contribution in [1.29, 1.82) is 0 Å². The highest BCUT2D eigenvalue weighted by molar-refractivity contribution is 5.87. The molecule has 3 aromatic rings. The zero-order valence-electron chi connectivity index (χ0n) is 23.3. The van der Waals surface area contributed by atoms with Gasteiger partial charge in [-0.1, -0.05) is 91.4 Å². The van der Waals surface area contributed by atoms with Crippen molar-refractivity contribution in [1.82, 2.24) is 0 Å². The van der Waals surface area contributed by atoms with Crippen LogP contribution in [0.3, 0.4) is 0 Å². The van der Waals surface area contributed by atoms with Crippen LogP contribution in [0.2, 0.25) is 0 Å². The van der Waals surface area contributed by atoms with Crippen molar-refractivity contribution in [2.75, 3.05) is 7.11 Å². The summed E-state index contributed by atoms with van der Waals surface area (Å²) in [5.74, 6) is 0.472. The van der Waals surface area contributed by atoms with Gasteiger partial charge >= 0.3 is 5.97 Å². The maximum absolute atomic E-state index is 12.2. The van der Waals surface area contributed by atoms with Crippen LogP contribution < -0.4 is 4.74 Å². The highest BCUT2D eigenvalue weighted by atomic mass is 16.5. The van der Waals surface area contributed by atoms with Gasteiger partial charge in [-0.25, -0.2) is 4.79 Å². The lowest BCUT2D eigenvalue weighted by Gasteiger charge is -2.22. The Morgan fingerprint density at radius 1 is 0.897 bits per heavy atom. The van der Waals surface area contributed by atoms with E-state index in [1.54, 1.807) is 19.3 Å². The number of methoxy groups -OCH3 is 1. The average molecular weight is 523 g/mol. The number of carbonyl (C=O) groups excluding carboxylic acids is 1. The maximum Gasteiger partial charge on any atom is 0.331 e. The van der Waals surface area contributed by atoms with E-state index in [9.17, 15) is 9.90 Å². The van der Waals surface area contributed by atoms with Crippen LogP contribution in [0.5, 0.6) is 11.5 Å². The van der Waals surface area contributed by atoms with Crippen LogP contribution in [-0.4, -0.2) is 18.2 Å². The third kappa shape index (κ3) is 10.2. The van der Waals surface area contributed by atoms with Gasteiger partial charge in [0.2, 0.25) is 0 Å². The van der Waals surface area contributed by atoms with Gasteiger partial charge in [-0.3, -0.25) is 0 Å². The number of hydrogen-bond acceptors (Lipinski definition) is 4. The smallest absolute Gasteiger partial charge is 0.331 e. The van der Waals surface area contributed by atoms with Crippen LogP contribution in [-0.2, 0) is 16.1 Å². The second-order valence-corrected chi connectivity index (χ2v) is 10.0. The summed E-state index contributed by atoms with van der Waals surface area (Å²) < 4.78 is 10.6. The van der Waals surface area contributed by atoms with Gasteiger partial charge in [0.1, 0.15) is 18.1 Å². The molecule has 0 fully saturated rings. The SMILES string of the molecule is COc1ccc(/C=C/[C@@](C)(/C=C/c2ccc(O)c(/C=C/C(=O)OCc3ccccc3)c2)CCC=C(C)C)cc1. The van der Waals surface area contributed by atoms with Crippen LogP contribution in [0.4, 0.5) is 0 Å². The van der Waals surface area contributed by atoms with Crippen LogP contribution in [0.1, 0.15) is 55.9 Å². The van der Waals surface area contributed by atoms with E-state index < -0.39 is 5.97 Å². The zero-order valence-corrected chi connectivity index (χ0v) is 23.3. The first-order chi connectivity index (χ1) is 18.8. The minimum absolute atomic E-state index is 0.102. The Kier molecular flexibility index (Phi) is 10.9. The summed E-state index contributed by atoms with van der Waals surface area (Å²) >= 11 is 0. The number of phenolic OH excluding ortho intramolecular Hbond substituents is 1. The highest BCUT2D eigenvalue weighted by Gasteiger charge is 2.16. The molecule has 4 heteroatoms. The van der Waals surface area contributed by atoms with E-state index in [2.05, 4.69) is 51.2 Å². The number of phenols is 1. The molecule has 3 aromatic carbocycles. The molecule has 1 atom stereocenters. The molecule has 0 amide bonds. The number of hydrogen-bond donors (Lipinski definition) is 1. The summed E-state index contributed by atoms with van der Waals surface area (Å²) in [6.07, 6.45) is 15.7. The van der Waals surface area contributed by atoms with E-state index in [-0.39, 0.29) is 17.8 Å². The Balaban J connectivity index is 1.74. The van der Waals surface area contributed by atoms with E-state index in [0.29, 0.717) is 5.56 Å². The number of benzene rings is 3. The molecule has 0 saturated heterocycles.